The van der Waals surface area contributed by atoms with Crippen LogP contribution in [0.4, 0.5) is 0 Å². The van der Waals surface area contributed by atoms with Gasteiger partial charge in [-0.05, 0) is 24.6 Å². The molecule has 0 radical (unpaired) electrons. The lowest BCUT2D eigenvalue weighted by molar-refractivity contribution is -0.110. The molecule has 0 unspecified atom stereocenters. The highest BCUT2D eigenvalue weighted by molar-refractivity contribution is 7.92. The van der Waals surface area contributed by atoms with Crippen LogP contribution in [0.1, 0.15) is 17.0 Å². The summed E-state index contributed by atoms with van der Waals surface area (Å²) in [5, 5.41) is 8.43. The Morgan fingerprint density at radius 1 is 1.09 bits per heavy atom. The van der Waals surface area contributed by atoms with Crippen molar-refractivity contribution in [2.75, 3.05) is 0 Å². The lowest BCUT2D eigenvalue weighted by atomic mass is 10.0. The van der Waals surface area contributed by atoms with Gasteiger partial charge in [0.15, 0.2) is 9.84 Å². The molecule has 4 nitrogen and oxygen atoms in total. The van der Waals surface area contributed by atoms with Crippen molar-refractivity contribution in [2.45, 2.75) is 23.0 Å². The molecule has 1 saturated carbocycles. The second-order valence-corrected chi connectivity index (χ2v) is 7.90. The van der Waals surface area contributed by atoms with E-state index in [-0.39, 0.29) is 4.90 Å². The van der Waals surface area contributed by atoms with Crippen LogP contribution in [0.3, 0.4) is 0 Å². The number of aldehydes is 1. The molecule has 1 fully saturated rings. The predicted octanol–water partition coefficient (Wildman–Crippen LogP) is 2.64. The molecule has 0 heterocycles. The number of benzene rings is 2. The van der Waals surface area contributed by atoms with E-state index in [4.69, 9.17) is 0 Å². The zero-order valence-electron chi connectivity index (χ0n) is 12.5. The topological polar surface area (TPSA) is 75.0 Å². The van der Waals surface area contributed by atoms with Crippen LogP contribution in [0.2, 0.25) is 0 Å². The second kappa shape index (κ2) is 5.32. The maximum atomic E-state index is 12.9. The van der Waals surface area contributed by atoms with Crippen molar-refractivity contribution in [1.82, 2.24) is 0 Å². The van der Waals surface area contributed by atoms with Gasteiger partial charge in [0.25, 0.3) is 0 Å². The summed E-state index contributed by atoms with van der Waals surface area (Å²) in [5.74, 6) is -0.627. The molecule has 116 valence electrons. The number of nitrogens with zero attached hydrogens (tertiary/aromatic N) is 1. The summed E-state index contributed by atoms with van der Waals surface area (Å²) in [6, 6.07) is 17.3. The van der Waals surface area contributed by atoms with Crippen LogP contribution in [0, 0.1) is 23.7 Å². The molecule has 0 saturated heterocycles. The van der Waals surface area contributed by atoms with Crippen LogP contribution in [0.5, 0.6) is 0 Å². The average Bonchev–Trinajstić information content (AvgIpc) is 3.27. The Labute approximate surface area is 135 Å². The molecule has 0 amide bonds. The van der Waals surface area contributed by atoms with E-state index in [0.29, 0.717) is 11.8 Å². The van der Waals surface area contributed by atoms with E-state index in [1.54, 1.807) is 36.4 Å². The third kappa shape index (κ3) is 2.27. The van der Waals surface area contributed by atoms with Crippen LogP contribution in [-0.2, 0) is 14.6 Å². The minimum Gasteiger partial charge on any atom is -0.302 e. The van der Waals surface area contributed by atoms with Crippen molar-refractivity contribution in [3.63, 3.8) is 0 Å². The number of rotatable bonds is 4. The van der Waals surface area contributed by atoms with E-state index in [1.165, 1.54) is 12.1 Å². The molecule has 0 aliphatic heterocycles. The summed E-state index contributed by atoms with van der Waals surface area (Å²) < 4.78 is 25.8. The lowest BCUT2D eigenvalue weighted by Gasteiger charge is -2.05. The van der Waals surface area contributed by atoms with E-state index in [9.17, 15) is 18.5 Å². The Bertz CT molecular complexity index is 882. The fraction of sp³-hybridized carbons (Fsp3) is 0.222. The summed E-state index contributed by atoms with van der Waals surface area (Å²) in [4.78, 5) is 11.7. The summed E-state index contributed by atoms with van der Waals surface area (Å²) in [6.45, 7) is 1.87. The number of hydrogen-bond acceptors (Lipinski definition) is 4. The van der Waals surface area contributed by atoms with Crippen molar-refractivity contribution in [3.8, 4) is 6.07 Å². The zero-order chi connectivity index (χ0) is 16.7. The first-order valence-corrected chi connectivity index (χ1v) is 8.75. The zero-order valence-corrected chi connectivity index (χ0v) is 13.3. The number of nitriles is 1. The van der Waals surface area contributed by atoms with Gasteiger partial charge in [0, 0.05) is 5.92 Å². The molecule has 3 rings (SSSR count). The predicted molar refractivity (Wildman–Crippen MR) is 85.4 cm³/mol. The van der Waals surface area contributed by atoms with E-state index in [2.05, 4.69) is 0 Å². The first-order valence-electron chi connectivity index (χ1n) is 7.20. The minimum atomic E-state index is -3.77. The van der Waals surface area contributed by atoms with Gasteiger partial charge < -0.3 is 4.79 Å². The fourth-order valence-electron chi connectivity index (χ4n) is 3.10. The SMILES string of the molecule is Cc1ccc(S(=O)(=O)[C@@H]2[C@@H](c3ccccc3)[C@@]2(C#N)C=O)cc1. The highest BCUT2D eigenvalue weighted by Gasteiger charge is 2.72. The first-order chi connectivity index (χ1) is 11.0. The van der Waals surface area contributed by atoms with Gasteiger partial charge in [0.1, 0.15) is 17.0 Å². The Hall–Kier alpha value is -2.45. The van der Waals surface area contributed by atoms with Crippen LogP contribution in [-0.4, -0.2) is 20.0 Å². The Kier molecular flexibility index (Phi) is 3.57. The third-order valence-electron chi connectivity index (χ3n) is 4.41. The van der Waals surface area contributed by atoms with E-state index >= 15 is 0 Å². The minimum absolute atomic E-state index is 0.146. The highest BCUT2D eigenvalue weighted by Crippen LogP contribution is 2.62. The molecule has 5 heteroatoms. The smallest absolute Gasteiger partial charge is 0.183 e. The molecule has 1 aliphatic carbocycles. The Morgan fingerprint density at radius 3 is 2.22 bits per heavy atom. The van der Waals surface area contributed by atoms with Gasteiger partial charge in [0.2, 0.25) is 0 Å². The van der Waals surface area contributed by atoms with Gasteiger partial charge in [-0.25, -0.2) is 8.42 Å². The lowest BCUT2D eigenvalue weighted by Crippen LogP contribution is -2.16. The summed E-state index contributed by atoms with van der Waals surface area (Å²) in [5.41, 5.74) is 0.133. The molecule has 2 aromatic rings. The van der Waals surface area contributed by atoms with Crippen molar-refractivity contribution < 1.29 is 13.2 Å². The number of sulfone groups is 1. The molecular weight excluding hydrogens is 310 g/mol. The fourth-order valence-corrected chi connectivity index (χ4v) is 5.33. The number of carbonyl (C=O) groups is 1. The highest BCUT2D eigenvalue weighted by atomic mass is 32.2. The number of carbonyl (C=O) groups excluding carboxylic acids is 1. The molecule has 3 atom stereocenters. The Balaban J connectivity index is 2.09. The quantitative estimate of drug-likeness (QED) is 0.810. The van der Waals surface area contributed by atoms with Crippen LogP contribution < -0.4 is 0 Å². The Morgan fingerprint density at radius 2 is 1.70 bits per heavy atom. The van der Waals surface area contributed by atoms with E-state index in [1.807, 2.05) is 19.1 Å². The van der Waals surface area contributed by atoms with Gasteiger partial charge in [-0.3, -0.25) is 0 Å². The number of aryl methyl sites for hydroxylation is 1. The molecular formula is C18H15NO3S. The van der Waals surface area contributed by atoms with Crippen molar-refractivity contribution in [1.29, 1.82) is 5.26 Å². The normalized spacial score (nSPS) is 26.3. The largest absolute Gasteiger partial charge is 0.302 e. The second-order valence-electron chi connectivity index (χ2n) is 5.83. The average molecular weight is 325 g/mol. The monoisotopic (exact) mass is 325 g/mol. The van der Waals surface area contributed by atoms with Crippen LogP contribution in [0.15, 0.2) is 59.5 Å². The summed E-state index contributed by atoms with van der Waals surface area (Å²) in [6.07, 6.45) is 0.487. The third-order valence-corrected chi connectivity index (χ3v) is 6.67. The van der Waals surface area contributed by atoms with E-state index in [0.717, 1.165) is 5.56 Å². The van der Waals surface area contributed by atoms with Gasteiger partial charge >= 0.3 is 0 Å². The first kappa shape index (κ1) is 15.4. The summed E-state index contributed by atoms with van der Waals surface area (Å²) >= 11 is 0. The van der Waals surface area contributed by atoms with Crippen LogP contribution in [0.25, 0.3) is 0 Å². The maximum absolute atomic E-state index is 12.9. The molecule has 2 aromatic carbocycles. The standard InChI is InChI=1S/C18H15NO3S/c1-13-7-9-15(10-8-13)23(21,22)17-16(18(17,11-19)12-20)14-5-3-2-4-6-14/h2-10,12,16-17H,1H3/t16-,17-,18-/m1/s1. The van der Waals surface area contributed by atoms with Crippen molar-refractivity contribution in [3.05, 3.63) is 65.7 Å². The van der Waals surface area contributed by atoms with Crippen LogP contribution >= 0.6 is 0 Å². The number of hydrogen-bond donors (Lipinski definition) is 0. The molecule has 0 aromatic heterocycles. The van der Waals surface area contributed by atoms with E-state index < -0.39 is 26.4 Å². The van der Waals surface area contributed by atoms with Gasteiger partial charge in [-0.15, -0.1) is 0 Å². The molecule has 0 bridgehead atoms. The van der Waals surface area contributed by atoms with Crippen molar-refractivity contribution in [2.24, 2.45) is 5.41 Å². The molecule has 0 spiro atoms. The van der Waals surface area contributed by atoms with Gasteiger partial charge in [-0.2, -0.15) is 5.26 Å². The van der Waals surface area contributed by atoms with Gasteiger partial charge in [0.05, 0.1) is 11.0 Å². The molecule has 1 aliphatic rings. The summed E-state index contributed by atoms with van der Waals surface area (Å²) in [7, 11) is -3.77. The molecule has 0 N–H and O–H groups in total. The maximum Gasteiger partial charge on any atom is 0.183 e. The van der Waals surface area contributed by atoms with Gasteiger partial charge in [-0.1, -0.05) is 48.0 Å². The molecule has 23 heavy (non-hydrogen) atoms. The van der Waals surface area contributed by atoms with Crippen molar-refractivity contribution >= 4 is 16.1 Å².